The Bertz CT molecular complexity index is 906. The van der Waals surface area contributed by atoms with Crippen LogP contribution in [0.25, 0.3) is 0 Å². The molecule has 0 saturated carbocycles. The molecule has 2 aromatic carbocycles. The Kier molecular flexibility index (Phi) is 10.8. The molecule has 2 rings (SSSR count). The van der Waals surface area contributed by atoms with Crippen molar-refractivity contribution >= 4 is 70.0 Å². The molecule has 2 amide bonds. The van der Waals surface area contributed by atoms with Gasteiger partial charge < -0.3 is 10.2 Å². The number of nitrogens with zero attached hydrogens (tertiary/aromatic N) is 1. The summed E-state index contributed by atoms with van der Waals surface area (Å²) in [6.07, 6.45) is 0.806. The molecule has 9 heteroatoms. The number of halogens is 4. The molecule has 1 unspecified atom stereocenters. The zero-order valence-corrected chi connectivity index (χ0v) is 21.1. The number of nitrogens with one attached hydrogen (secondary N) is 1. The van der Waals surface area contributed by atoms with Crippen molar-refractivity contribution in [2.45, 2.75) is 38.6 Å². The van der Waals surface area contributed by atoms with Gasteiger partial charge in [-0.2, -0.15) is 0 Å². The number of benzene rings is 2. The van der Waals surface area contributed by atoms with Crippen molar-refractivity contribution in [2.75, 3.05) is 12.3 Å². The molecule has 0 radical (unpaired) electrons. The van der Waals surface area contributed by atoms with Gasteiger partial charge in [-0.25, -0.2) is 0 Å². The van der Waals surface area contributed by atoms with Gasteiger partial charge >= 0.3 is 0 Å². The van der Waals surface area contributed by atoms with E-state index < -0.39 is 6.04 Å². The summed E-state index contributed by atoms with van der Waals surface area (Å²) in [6.45, 7) is 4.35. The summed E-state index contributed by atoms with van der Waals surface area (Å²) in [4.78, 5) is 27.2. The first-order chi connectivity index (χ1) is 14.7. The van der Waals surface area contributed by atoms with E-state index in [0.29, 0.717) is 38.0 Å². The van der Waals surface area contributed by atoms with Crippen molar-refractivity contribution in [3.8, 4) is 0 Å². The van der Waals surface area contributed by atoms with Crippen LogP contribution in [-0.4, -0.2) is 35.1 Å². The first-order valence-electron chi connectivity index (χ1n) is 9.76. The standard InChI is InChI=1S/C22H24Cl4N2O2S/c1-3-9-27-22(30)14(2)28(11-17-18(24)5-4-6-19(17)25)21(29)13-31-12-15-7-8-16(23)10-20(15)26/h4-8,10,14H,3,9,11-13H2,1-2H3,(H,27,30). The molecule has 0 spiro atoms. The second-order valence-electron chi connectivity index (χ2n) is 6.92. The minimum atomic E-state index is -0.675. The van der Waals surface area contributed by atoms with Gasteiger partial charge in [0.15, 0.2) is 0 Å². The van der Waals surface area contributed by atoms with E-state index in [1.165, 1.54) is 16.7 Å². The Balaban J connectivity index is 2.14. The lowest BCUT2D eigenvalue weighted by atomic mass is 10.1. The molecule has 0 aromatic heterocycles. The minimum Gasteiger partial charge on any atom is -0.354 e. The third kappa shape index (κ3) is 7.76. The first kappa shape index (κ1) is 26.1. The van der Waals surface area contributed by atoms with Crippen LogP contribution in [0.1, 0.15) is 31.4 Å². The van der Waals surface area contributed by atoms with E-state index in [2.05, 4.69) is 5.32 Å². The fourth-order valence-electron chi connectivity index (χ4n) is 2.80. The molecule has 4 nitrogen and oxygen atoms in total. The zero-order chi connectivity index (χ0) is 23.0. The third-order valence-corrected chi connectivity index (χ3v) is 6.87. The highest BCUT2D eigenvalue weighted by Gasteiger charge is 2.27. The molecule has 0 bridgehead atoms. The number of amides is 2. The molecule has 1 atom stereocenters. The number of carbonyl (C=O) groups is 2. The molecule has 0 heterocycles. The highest BCUT2D eigenvalue weighted by atomic mass is 35.5. The van der Waals surface area contributed by atoms with E-state index in [1.807, 2.05) is 13.0 Å². The maximum absolute atomic E-state index is 13.1. The molecular weight excluding hydrogens is 498 g/mol. The van der Waals surface area contributed by atoms with Crippen LogP contribution in [-0.2, 0) is 21.9 Å². The van der Waals surface area contributed by atoms with Crippen LogP contribution in [0.2, 0.25) is 20.1 Å². The van der Waals surface area contributed by atoms with Gasteiger partial charge in [0, 0.05) is 44.5 Å². The zero-order valence-electron chi connectivity index (χ0n) is 17.3. The lowest BCUT2D eigenvalue weighted by Crippen LogP contribution is -2.48. The summed E-state index contributed by atoms with van der Waals surface area (Å²) < 4.78 is 0. The Morgan fingerprint density at radius 1 is 1.06 bits per heavy atom. The lowest BCUT2D eigenvalue weighted by molar-refractivity contribution is -0.138. The average Bonchev–Trinajstić information content (AvgIpc) is 2.72. The number of carbonyl (C=O) groups excluding carboxylic acids is 2. The lowest BCUT2D eigenvalue weighted by Gasteiger charge is -2.29. The largest absolute Gasteiger partial charge is 0.354 e. The predicted molar refractivity (Wildman–Crippen MR) is 132 cm³/mol. The second kappa shape index (κ2) is 12.8. The number of hydrogen-bond donors (Lipinski definition) is 1. The van der Waals surface area contributed by atoms with Crippen molar-refractivity contribution in [2.24, 2.45) is 0 Å². The summed E-state index contributed by atoms with van der Waals surface area (Å²) in [7, 11) is 0. The summed E-state index contributed by atoms with van der Waals surface area (Å²) in [5.74, 6) is 0.306. The van der Waals surface area contributed by atoms with Gasteiger partial charge in [0.25, 0.3) is 0 Å². The van der Waals surface area contributed by atoms with Gasteiger partial charge in [0.1, 0.15) is 6.04 Å². The molecule has 1 N–H and O–H groups in total. The van der Waals surface area contributed by atoms with Crippen LogP contribution in [0.15, 0.2) is 36.4 Å². The van der Waals surface area contributed by atoms with Gasteiger partial charge in [-0.05, 0) is 43.2 Å². The summed E-state index contributed by atoms with van der Waals surface area (Å²) in [5, 5.41) is 4.86. The highest BCUT2D eigenvalue weighted by Crippen LogP contribution is 2.28. The molecule has 2 aromatic rings. The molecule has 0 aliphatic rings. The fraction of sp³-hybridized carbons (Fsp3) is 0.364. The van der Waals surface area contributed by atoms with Gasteiger partial charge in [-0.3, -0.25) is 9.59 Å². The Morgan fingerprint density at radius 2 is 1.74 bits per heavy atom. The summed E-state index contributed by atoms with van der Waals surface area (Å²) >= 11 is 26.2. The van der Waals surface area contributed by atoms with E-state index in [1.54, 1.807) is 37.3 Å². The van der Waals surface area contributed by atoms with Crippen molar-refractivity contribution in [3.63, 3.8) is 0 Å². The van der Waals surface area contributed by atoms with E-state index in [9.17, 15) is 9.59 Å². The summed E-state index contributed by atoms with van der Waals surface area (Å²) in [5.41, 5.74) is 1.50. The van der Waals surface area contributed by atoms with Gasteiger partial charge in [-0.1, -0.05) is 65.5 Å². The van der Waals surface area contributed by atoms with Gasteiger partial charge in [0.05, 0.1) is 5.75 Å². The Hall–Kier alpha value is -1.11. The Morgan fingerprint density at radius 3 is 2.35 bits per heavy atom. The highest BCUT2D eigenvalue weighted by molar-refractivity contribution is 7.99. The van der Waals surface area contributed by atoms with Crippen LogP contribution < -0.4 is 5.32 Å². The van der Waals surface area contributed by atoms with E-state index >= 15 is 0 Å². The predicted octanol–water partition coefficient (Wildman–Crippen LogP) is 6.48. The van der Waals surface area contributed by atoms with Crippen molar-refractivity contribution in [1.82, 2.24) is 10.2 Å². The van der Waals surface area contributed by atoms with Gasteiger partial charge in [-0.15, -0.1) is 11.8 Å². The van der Waals surface area contributed by atoms with Crippen LogP contribution in [0.5, 0.6) is 0 Å². The van der Waals surface area contributed by atoms with Crippen molar-refractivity contribution < 1.29 is 9.59 Å². The van der Waals surface area contributed by atoms with Crippen LogP contribution in [0.3, 0.4) is 0 Å². The maximum Gasteiger partial charge on any atom is 0.242 e. The molecule has 0 fully saturated rings. The van der Waals surface area contributed by atoms with E-state index in [4.69, 9.17) is 46.4 Å². The quantitative estimate of drug-likeness (QED) is 0.389. The molecule has 31 heavy (non-hydrogen) atoms. The first-order valence-corrected chi connectivity index (χ1v) is 12.4. The molecule has 0 aliphatic carbocycles. The number of rotatable bonds is 10. The SMILES string of the molecule is CCCNC(=O)C(C)N(Cc1c(Cl)cccc1Cl)C(=O)CSCc1ccc(Cl)cc1Cl. The number of thioether (sulfide) groups is 1. The normalized spacial score (nSPS) is 11.8. The summed E-state index contributed by atoms with van der Waals surface area (Å²) in [6, 6.07) is 9.76. The smallest absolute Gasteiger partial charge is 0.242 e. The van der Waals surface area contributed by atoms with E-state index in [0.717, 1.165) is 12.0 Å². The topological polar surface area (TPSA) is 49.4 Å². The molecule has 168 valence electrons. The third-order valence-electron chi connectivity index (χ3n) is 4.60. The fourth-order valence-corrected chi connectivity index (χ4v) is 4.79. The Labute approximate surface area is 207 Å². The maximum atomic E-state index is 13.1. The van der Waals surface area contributed by atoms with Crippen LogP contribution in [0.4, 0.5) is 0 Å². The van der Waals surface area contributed by atoms with Crippen LogP contribution >= 0.6 is 58.2 Å². The van der Waals surface area contributed by atoms with Crippen molar-refractivity contribution in [1.29, 1.82) is 0 Å². The number of hydrogen-bond acceptors (Lipinski definition) is 3. The molecular formula is C22H24Cl4N2O2S. The monoisotopic (exact) mass is 520 g/mol. The van der Waals surface area contributed by atoms with Gasteiger partial charge in [0.2, 0.25) is 11.8 Å². The molecule has 0 aliphatic heterocycles. The minimum absolute atomic E-state index is 0.139. The average molecular weight is 522 g/mol. The van der Waals surface area contributed by atoms with Crippen molar-refractivity contribution in [3.05, 3.63) is 67.6 Å². The van der Waals surface area contributed by atoms with E-state index in [-0.39, 0.29) is 24.1 Å². The molecule has 0 saturated heterocycles. The second-order valence-corrected chi connectivity index (χ2v) is 9.56. The van der Waals surface area contributed by atoms with Crippen LogP contribution in [0, 0.1) is 0 Å².